The quantitative estimate of drug-likeness (QED) is 0.305. The highest BCUT2D eigenvalue weighted by Crippen LogP contribution is 2.38. The van der Waals surface area contributed by atoms with Crippen LogP contribution in [0.25, 0.3) is 11.1 Å². The Kier molecular flexibility index (Phi) is 4.36. The maximum Gasteiger partial charge on any atom is 0.339 e. The summed E-state index contributed by atoms with van der Waals surface area (Å²) in [6, 6.07) is 24.2. The maximum absolute atomic E-state index is 12.0. The van der Waals surface area contributed by atoms with E-state index in [-0.39, 0.29) is 12.4 Å². The molecule has 0 bridgehead atoms. The van der Waals surface area contributed by atoms with Crippen molar-refractivity contribution in [2.75, 3.05) is 0 Å². The summed E-state index contributed by atoms with van der Waals surface area (Å²) >= 11 is 0. The highest BCUT2D eigenvalue weighted by Gasteiger charge is 2.21. The Bertz CT molecular complexity index is 990. The van der Waals surface area contributed by atoms with E-state index in [9.17, 15) is 4.79 Å². The van der Waals surface area contributed by atoms with Crippen LogP contribution in [0.2, 0.25) is 0 Å². The first-order valence-electron chi connectivity index (χ1n) is 8.71. The lowest BCUT2D eigenvalue weighted by Crippen LogP contribution is -2.07. The minimum Gasteiger partial charge on any atom is -0.318 e. The fourth-order valence-corrected chi connectivity index (χ4v) is 3.46. The van der Waals surface area contributed by atoms with Crippen molar-refractivity contribution in [2.24, 2.45) is 5.16 Å². The Hall–Kier alpha value is -3.20. The summed E-state index contributed by atoms with van der Waals surface area (Å²) in [4.78, 5) is 17.2. The van der Waals surface area contributed by atoms with Crippen LogP contribution in [-0.4, -0.2) is 11.7 Å². The van der Waals surface area contributed by atoms with Gasteiger partial charge in [0, 0.05) is 5.56 Å². The molecule has 0 aromatic heterocycles. The molecule has 0 radical (unpaired) electrons. The lowest BCUT2D eigenvalue weighted by Gasteiger charge is -2.08. The number of rotatable bonds is 4. The smallest absolute Gasteiger partial charge is 0.318 e. The molecule has 0 amide bonds. The van der Waals surface area contributed by atoms with E-state index in [1.807, 2.05) is 49.4 Å². The molecule has 3 aromatic rings. The van der Waals surface area contributed by atoms with Gasteiger partial charge in [0.2, 0.25) is 0 Å². The highest BCUT2D eigenvalue weighted by atomic mass is 16.7. The van der Waals surface area contributed by atoms with Crippen molar-refractivity contribution in [3.05, 3.63) is 95.1 Å². The van der Waals surface area contributed by atoms with Gasteiger partial charge in [0.15, 0.2) is 0 Å². The number of carbonyl (C=O) groups excluding carboxylic acids is 1. The first kappa shape index (κ1) is 16.3. The lowest BCUT2D eigenvalue weighted by molar-refractivity contribution is -0.142. The first-order chi connectivity index (χ1) is 12.7. The van der Waals surface area contributed by atoms with Crippen molar-refractivity contribution in [1.82, 2.24) is 0 Å². The van der Waals surface area contributed by atoms with Crippen molar-refractivity contribution >= 4 is 11.7 Å². The van der Waals surface area contributed by atoms with Gasteiger partial charge in [-0.05, 0) is 41.2 Å². The molecule has 128 valence electrons. The van der Waals surface area contributed by atoms with Crippen LogP contribution in [0, 0.1) is 0 Å². The maximum atomic E-state index is 12.0. The second-order valence-electron chi connectivity index (χ2n) is 6.47. The second-order valence-corrected chi connectivity index (χ2v) is 6.47. The van der Waals surface area contributed by atoms with E-state index in [0.717, 1.165) is 23.3 Å². The van der Waals surface area contributed by atoms with E-state index in [1.165, 1.54) is 22.3 Å². The SMILES string of the molecule is C/C(=N\OC(=O)Cc1ccccc1)c1cccc2c1Cc1ccccc1-2. The van der Waals surface area contributed by atoms with Crippen LogP contribution >= 0.6 is 0 Å². The average molecular weight is 341 g/mol. The molecule has 0 atom stereocenters. The second kappa shape index (κ2) is 6.96. The van der Waals surface area contributed by atoms with Gasteiger partial charge in [0.25, 0.3) is 0 Å². The topological polar surface area (TPSA) is 38.7 Å². The number of fused-ring (bicyclic) bond motifs is 3. The van der Waals surface area contributed by atoms with Crippen LogP contribution in [0.3, 0.4) is 0 Å². The number of nitrogens with zero attached hydrogens (tertiary/aromatic N) is 1. The molecule has 0 saturated heterocycles. The van der Waals surface area contributed by atoms with Crippen LogP contribution in [0.5, 0.6) is 0 Å². The van der Waals surface area contributed by atoms with Crippen molar-refractivity contribution in [3.8, 4) is 11.1 Å². The van der Waals surface area contributed by atoms with Gasteiger partial charge in [0.05, 0.1) is 12.1 Å². The molecule has 0 heterocycles. The third kappa shape index (κ3) is 3.16. The first-order valence-corrected chi connectivity index (χ1v) is 8.71. The van der Waals surface area contributed by atoms with Gasteiger partial charge in [-0.2, -0.15) is 0 Å². The molecular weight excluding hydrogens is 322 g/mol. The van der Waals surface area contributed by atoms with E-state index < -0.39 is 0 Å². The van der Waals surface area contributed by atoms with E-state index >= 15 is 0 Å². The summed E-state index contributed by atoms with van der Waals surface area (Å²) in [6.45, 7) is 1.88. The molecule has 0 unspecified atom stereocenters. The zero-order valence-electron chi connectivity index (χ0n) is 14.6. The molecule has 0 aliphatic heterocycles. The molecule has 26 heavy (non-hydrogen) atoms. The normalized spacial score (nSPS) is 12.4. The summed E-state index contributed by atoms with van der Waals surface area (Å²) in [7, 11) is 0. The third-order valence-corrected chi connectivity index (χ3v) is 4.72. The summed E-state index contributed by atoms with van der Waals surface area (Å²) in [6.07, 6.45) is 1.10. The minimum atomic E-state index is -0.355. The predicted octanol–water partition coefficient (Wildman–Crippen LogP) is 4.77. The van der Waals surface area contributed by atoms with Gasteiger partial charge < -0.3 is 4.84 Å². The molecule has 1 aliphatic carbocycles. The summed E-state index contributed by atoms with van der Waals surface area (Å²) < 4.78 is 0. The van der Waals surface area contributed by atoms with Crippen LogP contribution in [0.1, 0.15) is 29.2 Å². The van der Waals surface area contributed by atoms with Crippen LogP contribution < -0.4 is 0 Å². The Morgan fingerprint density at radius 2 is 1.65 bits per heavy atom. The van der Waals surface area contributed by atoms with E-state index in [0.29, 0.717) is 0 Å². The zero-order valence-corrected chi connectivity index (χ0v) is 14.6. The number of oxime groups is 1. The lowest BCUT2D eigenvalue weighted by atomic mass is 9.99. The van der Waals surface area contributed by atoms with Crippen molar-refractivity contribution < 1.29 is 9.63 Å². The molecule has 3 heteroatoms. The molecule has 0 N–H and O–H groups in total. The number of hydrogen-bond acceptors (Lipinski definition) is 3. The molecule has 0 spiro atoms. The summed E-state index contributed by atoms with van der Waals surface area (Å²) in [5.41, 5.74) is 7.75. The van der Waals surface area contributed by atoms with E-state index in [2.05, 4.69) is 35.5 Å². The molecule has 1 aliphatic rings. The van der Waals surface area contributed by atoms with E-state index in [4.69, 9.17) is 4.84 Å². The average Bonchev–Trinajstić information content (AvgIpc) is 3.05. The Labute approximate surface area is 152 Å². The summed E-state index contributed by atoms with van der Waals surface area (Å²) in [5, 5.41) is 4.10. The fraction of sp³-hybridized carbons (Fsp3) is 0.130. The standard InChI is InChI=1S/C23H19NO2/c1-16(24-26-23(25)14-17-8-3-2-4-9-17)19-12-7-13-21-20-11-6-5-10-18(20)15-22(19)21/h2-13H,14-15H2,1H3/b24-16+. The monoisotopic (exact) mass is 341 g/mol. The van der Waals surface area contributed by atoms with Crippen LogP contribution in [0.4, 0.5) is 0 Å². The van der Waals surface area contributed by atoms with Crippen molar-refractivity contribution in [1.29, 1.82) is 0 Å². The van der Waals surface area contributed by atoms with Crippen LogP contribution in [0.15, 0.2) is 78.0 Å². The fourth-order valence-electron chi connectivity index (χ4n) is 3.46. The van der Waals surface area contributed by atoms with Crippen molar-refractivity contribution in [3.63, 3.8) is 0 Å². The minimum absolute atomic E-state index is 0.218. The van der Waals surface area contributed by atoms with Crippen LogP contribution in [-0.2, 0) is 22.5 Å². The van der Waals surface area contributed by atoms with Gasteiger partial charge >= 0.3 is 5.97 Å². The molecule has 4 rings (SSSR count). The molecular formula is C23H19NO2. The van der Waals surface area contributed by atoms with Crippen molar-refractivity contribution in [2.45, 2.75) is 19.8 Å². The highest BCUT2D eigenvalue weighted by molar-refractivity contribution is 6.02. The molecule has 3 aromatic carbocycles. The largest absolute Gasteiger partial charge is 0.339 e. The molecule has 0 fully saturated rings. The third-order valence-electron chi connectivity index (χ3n) is 4.72. The van der Waals surface area contributed by atoms with Gasteiger partial charge in [0.1, 0.15) is 0 Å². The van der Waals surface area contributed by atoms with Gasteiger partial charge in [-0.3, -0.25) is 0 Å². The number of carbonyl (C=O) groups is 1. The van der Waals surface area contributed by atoms with Gasteiger partial charge in [-0.25, -0.2) is 4.79 Å². The molecule has 0 saturated carbocycles. The Morgan fingerprint density at radius 1 is 0.923 bits per heavy atom. The Morgan fingerprint density at radius 3 is 2.50 bits per heavy atom. The molecule has 3 nitrogen and oxygen atoms in total. The van der Waals surface area contributed by atoms with Gasteiger partial charge in [-0.1, -0.05) is 78.0 Å². The Balaban J connectivity index is 1.53. The number of hydrogen-bond donors (Lipinski definition) is 0. The summed E-state index contributed by atoms with van der Waals surface area (Å²) in [5.74, 6) is -0.355. The predicted molar refractivity (Wildman–Crippen MR) is 103 cm³/mol. The van der Waals surface area contributed by atoms with Gasteiger partial charge in [-0.15, -0.1) is 0 Å². The number of benzene rings is 3. The van der Waals surface area contributed by atoms with E-state index in [1.54, 1.807) is 0 Å². The zero-order chi connectivity index (χ0) is 17.9.